The molecule has 1 aliphatic rings. The van der Waals surface area contributed by atoms with Crippen LogP contribution in [0, 0.1) is 0 Å². The molecule has 0 saturated carbocycles. The van der Waals surface area contributed by atoms with Gasteiger partial charge >= 0.3 is 5.69 Å². The first-order valence-corrected chi connectivity index (χ1v) is 11.3. The monoisotopic (exact) mass is 410 g/mol. The van der Waals surface area contributed by atoms with Crippen molar-refractivity contribution in [2.45, 2.75) is 19.0 Å². The van der Waals surface area contributed by atoms with E-state index in [9.17, 15) is 9.69 Å². The summed E-state index contributed by atoms with van der Waals surface area (Å²) in [4.78, 5) is 32.2. The lowest BCUT2D eigenvalue weighted by atomic mass is 10.1. The minimum absolute atomic E-state index is 0.0299. The highest BCUT2D eigenvalue weighted by Gasteiger charge is 2.24. The van der Waals surface area contributed by atoms with Crippen molar-refractivity contribution >= 4 is 47.7 Å². The quantitative estimate of drug-likeness (QED) is 0.524. The van der Waals surface area contributed by atoms with E-state index in [0.29, 0.717) is 6.54 Å². The van der Waals surface area contributed by atoms with Gasteiger partial charge in [-0.15, -0.1) is 0 Å². The van der Waals surface area contributed by atoms with E-state index in [-0.39, 0.29) is 20.5 Å². The van der Waals surface area contributed by atoms with Crippen LogP contribution in [0.4, 0.5) is 0 Å². The van der Waals surface area contributed by atoms with Crippen LogP contribution in [0.1, 0.15) is 18.2 Å². The molecule has 0 spiro atoms. The number of pyridine rings is 2. The molecule has 1 aliphatic heterocycles. The van der Waals surface area contributed by atoms with Crippen molar-refractivity contribution < 1.29 is 4.89 Å². The number of fused-ring (bicyclic) bond motifs is 2. The lowest BCUT2D eigenvalue weighted by Gasteiger charge is -2.11. The first-order chi connectivity index (χ1) is 13.8. The van der Waals surface area contributed by atoms with Crippen molar-refractivity contribution in [1.82, 2.24) is 19.1 Å². The van der Waals surface area contributed by atoms with Crippen LogP contribution in [0.25, 0.3) is 21.8 Å². The number of benzene rings is 1. The van der Waals surface area contributed by atoms with E-state index in [1.54, 1.807) is 17.0 Å². The fourth-order valence-corrected chi connectivity index (χ4v) is 5.77. The highest BCUT2D eigenvalue weighted by molar-refractivity contribution is 7.99. The van der Waals surface area contributed by atoms with Gasteiger partial charge in [-0.05, 0) is 23.6 Å². The third kappa shape index (κ3) is 2.85. The SMILES string of the molecule is O=c1n(Cc2ncc3ccccc3c2PO)c2cnccc2n1C1CCSC1. The first kappa shape index (κ1) is 17.9. The van der Waals surface area contributed by atoms with Crippen molar-refractivity contribution in [2.75, 3.05) is 11.5 Å². The van der Waals surface area contributed by atoms with E-state index in [1.807, 2.05) is 52.9 Å². The van der Waals surface area contributed by atoms with Crippen LogP contribution in [0.2, 0.25) is 0 Å². The highest BCUT2D eigenvalue weighted by Crippen LogP contribution is 2.29. The van der Waals surface area contributed by atoms with Crippen LogP contribution >= 0.6 is 20.6 Å². The van der Waals surface area contributed by atoms with E-state index < -0.39 is 0 Å². The van der Waals surface area contributed by atoms with E-state index in [2.05, 4.69) is 9.97 Å². The summed E-state index contributed by atoms with van der Waals surface area (Å²) in [5.74, 6) is 2.04. The number of aromatic nitrogens is 4. The van der Waals surface area contributed by atoms with Crippen molar-refractivity contribution in [2.24, 2.45) is 0 Å². The molecule has 1 N–H and O–H groups in total. The zero-order chi connectivity index (χ0) is 19.1. The van der Waals surface area contributed by atoms with E-state index in [0.717, 1.165) is 50.7 Å². The van der Waals surface area contributed by atoms with Crippen LogP contribution in [0.3, 0.4) is 0 Å². The maximum Gasteiger partial charge on any atom is 0.329 e. The van der Waals surface area contributed by atoms with Gasteiger partial charge in [-0.3, -0.25) is 19.1 Å². The third-order valence-corrected chi connectivity index (χ3v) is 7.26. The summed E-state index contributed by atoms with van der Waals surface area (Å²) in [6.07, 6.45) is 6.30. The van der Waals surface area contributed by atoms with E-state index in [4.69, 9.17) is 0 Å². The van der Waals surface area contributed by atoms with Crippen molar-refractivity contribution in [3.8, 4) is 0 Å². The minimum atomic E-state index is -0.383. The highest BCUT2D eigenvalue weighted by atomic mass is 32.2. The molecular weight excluding hydrogens is 391 g/mol. The summed E-state index contributed by atoms with van der Waals surface area (Å²) >= 11 is 1.89. The number of imidazole rings is 1. The Morgan fingerprint density at radius 1 is 1.21 bits per heavy atom. The second kappa shape index (κ2) is 7.32. The summed E-state index contributed by atoms with van der Waals surface area (Å²) in [5, 5.41) is 2.77. The first-order valence-electron chi connectivity index (χ1n) is 9.17. The topological polar surface area (TPSA) is 72.9 Å². The average molecular weight is 410 g/mol. The summed E-state index contributed by atoms with van der Waals surface area (Å²) < 4.78 is 3.66. The van der Waals surface area contributed by atoms with Crippen LogP contribution in [-0.4, -0.2) is 35.5 Å². The van der Waals surface area contributed by atoms with Gasteiger partial charge in [0.15, 0.2) is 0 Å². The predicted molar refractivity (Wildman–Crippen MR) is 116 cm³/mol. The molecule has 1 fully saturated rings. The molecule has 1 saturated heterocycles. The van der Waals surface area contributed by atoms with Crippen LogP contribution < -0.4 is 11.0 Å². The van der Waals surface area contributed by atoms with Gasteiger partial charge in [0, 0.05) is 43.7 Å². The normalized spacial score (nSPS) is 17.4. The molecule has 6 nitrogen and oxygen atoms in total. The van der Waals surface area contributed by atoms with Crippen molar-refractivity contribution in [3.05, 3.63) is 65.1 Å². The van der Waals surface area contributed by atoms with Gasteiger partial charge in [-0.1, -0.05) is 24.3 Å². The van der Waals surface area contributed by atoms with Gasteiger partial charge in [-0.25, -0.2) is 4.79 Å². The number of rotatable bonds is 4. The lowest BCUT2D eigenvalue weighted by molar-refractivity contribution is 0.542. The average Bonchev–Trinajstić information content (AvgIpc) is 3.34. The number of hydrogen-bond donors (Lipinski definition) is 1. The smallest absolute Gasteiger partial charge is 0.329 e. The minimum Gasteiger partial charge on any atom is -0.372 e. The molecule has 4 aromatic rings. The lowest BCUT2D eigenvalue weighted by Crippen LogP contribution is -2.29. The molecular formula is C20H19N4O2PS. The Balaban J connectivity index is 1.68. The van der Waals surface area contributed by atoms with Gasteiger partial charge in [0.05, 0.1) is 29.5 Å². The van der Waals surface area contributed by atoms with Crippen molar-refractivity contribution in [3.63, 3.8) is 0 Å². The molecule has 2 atom stereocenters. The van der Waals surface area contributed by atoms with E-state index in [1.165, 1.54) is 0 Å². The number of nitrogens with zero attached hydrogens (tertiary/aromatic N) is 4. The van der Waals surface area contributed by atoms with Crippen molar-refractivity contribution in [1.29, 1.82) is 0 Å². The Labute approximate surface area is 167 Å². The largest absolute Gasteiger partial charge is 0.372 e. The zero-order valence-electron chi connectivity index (χ0n) is 15.1. The summed E-state index contributed by atoms with van der Waals surface area (Å²) in [6.45, 7) is 0.321. The molecule has 8 heteroatoms. The second-order valence-electron chi connectivity index (χ2n) is 6.90. The molecule has 0 amide bonds. The van der Waals surface area contributed by atoms with Crippen LogP contribution in [0.5, 0.6) is 0 Å². The van der Waals surface area contributed by atoms with Crippen LogP contribution in [-0.2, 0) is 6.54 Å². The van der Waals surface area contributed by atoms with E-state index >= 15 is 0 Å². The standard InChI is InChI=1S/C20H19N4O2PS/c25-20-23(11-16-19(27-26)15-4-2-1-3-13(15)9-22-16)18-10-21-7-5-17(18)24(20)14-6-8-28-12-14/h1-5,7,9-10,14,26-27H,6,8,11-12H2. The summed E-state index contributed by atoms with van der Waals surface area (Å²) in [5.41, 5.74) is 2.43. The maximum absolute atomic E-state index is 13.3. The molecule has 2 unspecified atom stereocenters. The molecule has 1 aromatic carbocycles. The fourth-order valence-electron chi connectivity index (χ4n) is 3.96. The Hall–Kier alpha value is -2.21. The molecule has 142 valence electrons. The molecule has 3 aromatic heterocycles. The summed E-state index contributed by atoms with van der Waals surface area (Å²) in [7, 11) is -0.383. The Morgan fingerprint density at radius 3 is 2.93 bits per heavy atom. The Bertz CT molecular complexity index is 1230. The van der Waals surface area contributed by atoms with Gasteiger partial charge in [-0.2, -0.15) is 11.8 Å². The molecule has 4 heterocycles. The van der Waals surface area contributed by atoms with Gasteiger partial charge in [0.2, 0.25) is 0 Å². The summed E-state index contributed by atoms with van der Waals surface area (Å²) in [6, 6.07) is 10.0. The Kier molecular flexibility index (Phi) is 4.67. The van der Waals surface area contributed by atoms with Gasteiger partial charge in [0.25, 0.3) is 0 Å². The Morgan fingerprint density at radius 2 is 2.11 bits per heavy atom. The maximum atomic E-state index is 13.3. The fraction of sp³-hybridized carbons (Fsp3) is 0.250. The second-order valence-corrected chi connectivity index (χ2v) is 8.77. The molecule has 0 aliphatic carbocycles. The zero-order valence-corrected chi connectivity index (χ0v) is 16.9. The van der Waals surface area contributed by atoms with Gasteiger partial charge < -0.3 is 4.89 Å². The predicted octanol–water partition coefficient (Wildman–Crippen LogP) is 2.68. The van der Waals surface area contributed by atoms with Gasteiger partial charge in [0.1, 0.15) is 0 Å². The molecule has 28 heavy (non-hydrogen) atoms. The van der Waals surface area contributed by atoms with Crippen LogP contribution in [0.15, 0.2) is 53.7 Å². The third-order valence-electron chi connectivity index (χ3n) is 5.33. The number of thioether (sulfide) groups is 1. The molecule has 5 rings (SSSR count). The molecule has 0 bridgehead atoms. The number of hydrogen-bond acceptors (Lipinski definition) is 5. The molecule has 0 radical (unpaired) electrons.